The molecule has 0 aliphatic heterocycles. The minimum atomic E-state index is -0.520. The molecule has 1 N–H and O–H groups in total. The molecule has 1 heterocycles. The number of carbonyl (C=O) groups excluding carboxylic acids is 1. The van der Waals surface area contributed by atoms with Crippen LogP contribution in [0.4, 0.5) is 10.1 Å². The minimum absolute atomic E-state index is 0.0257. The fourth-order valence-electron chi connectivity index (χ4n) is 2.81. The molecule has 27 heavy (non-hydrogen) atoms. The Kier molecular flexibility index (Phi) is 6.19. The van der Waals surface area contributed by atoms with Gasteiger partial charge in [-0.05, 0) is 43.2 Å². The predicted molar refractivity (Wildman–Crippen MR) is 105 cm³/mol. The summed E-state index contributed by atoms with van der Waals surface area (Å²) in [5, 5.41) is 3.28. The second kappa shape index (κ2) is 8.77. The van der Waals surface area contributed by atoms with Crippen molar-refractivity contribution in [2.24, 2.45) is 0 Å². The Balaban J connectivity index is 1.44. The number of nitrogens with zero attached hydrogens (tertiary/aromatic N) is 2. The van der Waals surface area contributed by atoms with E-state index in [0.29, 0.717) is 36.0 Å². The molecule has 140 valence electrons. The number of aromatic nitrogens is 2. The summed E-state index contributed by atoms with van der Waals surface area (Å²) in [6.45, 7) is 0.561. The maximum absolute atomic E-state index is 13.1. The van der Waals surface area contributed by atoms with Crippen LogP contribution in [-0.4, -0.2) is 15.5 Å². The molecule has 0 bridgehead atoms. The molecule has 1 amide bonds. The minimum Gasteiger partial charge on any atom is -0.326 e. The first-order chi connectivity index (χ1) is 13.0. The first-order valence-electron chi connectivity index (χ1n) is 8.73. The Morgan fingerprint density at radius 3 is 2.78 bits per heavy atom. The summed E-state index contributed by atoms with van der Waals surface area (Å²) in [7, 11) is 0. The van der Waals surface area contributed by atoms with Gasteiger partial charge in [0.2, 0.25) is 5.91 Å². The molecular weight excluding hydrogens is 369 g/mol. The molecule has 3 rings (SSSR count). The van der Waals surface area contributed by atoms with Gasteiger partial charge in [-0.2, -0.15) is 0 Å². The molecule has 0 spiro atoms. The number of amides is 1. The van der Waals surface area contributed by atoms with E-state index in [1.54, 1.807) is 17.0 Å². The largest absolute Gasteiger partial charge is 0.326 e. The third-order valence-electron chi connectivity index (χ3n) is 4.24. The van der Waals surface area contributed by atoms with Gasteiger partial charge in [0.15, 0.2) is 0 Å². The summed E-state index contributed by atoms with van der Waals surface area (Å²) in [6.07, 6.45) is 4.18. The quantitative estimate of drug-likeness (QED) is 0.611. The van der Waals surface area contributed by atoms with Crippen LogP contribution in [0.25, 0.3) is 10.9 Å². The fraction of sp³-hybridized carbons (Fsp3) is 0.250. The predicted octanol–water partition coefficient (Wildman–Crippen LogP) is 4.39. The summed E-state index contributed by atoms with van der Waals surface area (Å²) in [6, 6.07) is 11.3. The van der Waals surface area contributed by atoms with Crippen molar-refractivity contribution < 1.29 is 9.18 Å². The highest BCUT2D eigenvalue weighted by atomic mass is 35.5. The summed E-state index contributed by atoms with van der Waals surface area (Å²) in [5.74, 6) is -0.671. The van der Waals surface area contributed by atoms with E-state index in [-0.39, 0.29) is 16.5 Å². The van der Waals surface area contributed by atoms with Crippen LogP contribution in [-0.2, 0) is 11.3 Å². The monoisotopic (exact) mass is 387 g/mol. The van der Waals surface area contributed by atoms with E-state index in [1.165, 1.54) is 18.2 Å². The van der Waals surface area contributed by atoms with Crippen LogP contribution in [0.5, 0.6) is 0 Å². The van der Waals surface area contributed by atoms with Crippen LogP contribution in [0.1, 0.15) is 25.7 Å². The summed E-state index contributed by atoms with van der Waals surface area (Å²) in [4.78, 5) is 28.6. The van der Waals surface area contributed by atoms with E-state index in [2.05, 4.69) is 10.3 Å². The number of anilines is 1. The first-order valence-corrected chi connectivity index (χ1v) is 9.11. The van der Waals surface area contributed by atoms with Gasteiger partial charge in [0.25, 0.3) is 5.56 Å². The van der Waals surface area contributed by atoms with Gasteiger partial charge < -0.3 is 5.32 Å². The molecular formula is C20H19ClFN3O2. The molecule has 0 saturated carbocycles. The average Bonchev–Trinajstić information content (AvgIpc) is 2.66. The van der Waals surface area contributed by atoms with Gasteiger partial charge >= 0.3 is 0 Å². The highest BCUT2D eigenvalue weighted by molar-refractivity contribution is 6.31. The third kappa shape index (κ3) is 4.92. The van der Waals surface area contributed by atoms with Crippen LogP contribution in [0.2, 0.25) is 5.02 Å². The number of hydrogen-bond donors (Lipinski definition) is 1. The Hall–Kier alpha value is -2.73. The van der Waals surface area contributed by atoms with Gasteiger partial charge in [-0.25, -0.2) is 9.37 Å². The van der Waals surface area contributed by atoms with Crippen LogP contribution >= 0.6 is 11.6 Å². The summed E-state index contributed by atoms with van der Waals surface area (Å²) >= 11 is 5.69. The maximum atomic E-state index is 13.1. The zero-order valence-electron chi connectivity index (χ0n) is 14.6. The molecule has 0 radical (unpaired) electrons. The molecule has 5 nitrogen and oxygen atoms in total. The summed E-state index contributed by atoms with van der Waals surface area (Å²) < 4.78 is 14.7. The molecule has 0 fully saturated rings. The van der Waals surface area contributed by atoms with E-state index < -0.39 is 5.82 Å². The molecule has 0 aliphatic carbocycles. The maximum Gasteiger partial charge on any atom is 0.261 e. The van der Waals surface area contributed by atoms with Crippen molar-refractivity contribution >= 4 is 34.1 Å². The number of fused-ring (bicyclic) bond motifs is 1. The highest BCUT2D eigenvalue weighted by Gasteiger charge is 2.06. The second-order valence-corrected chi connectivity index (χ2v) is 6.66. The van der Waals surface area contributed by atoms with Gasteiger partial charge in [0.1, 0.15) is 5.82 Å². The first kappa shape index (κ1) is 19.0. The second-order valence-electron chi connectivity index (χ2n) is 6.25. The van der Waals surface area contributed by atoms with Crippen molar-refractivity contribution in [3.8, 4) is 0 Å². The van der Waals surface area contributed by atoms with Gasteiger partial charge in [-0.15, -0.1) is 0 Å². The Morgan fingerprint density at radius 1 is 1.15 bits per heavy atom. The van der Waals surface area contributed by atoms with E-state index in [1.807, 2.05) is 18.2 Å². The number of rotatable bonds is 7. The van der Waals surface area contributed by atoms with Crippen LogP contribution in [0.3, 0.4) is 0 Å². The number of unbranched alkanes of at least 4 members (excludes halogenated alkanes) is 2. The topological polar surface area (TPSA) is 64.0 Å². The molecule has 3 aromatic rings. The molecule has 0 aliphatic rings. The number of aryl methyl sites for hydroxylation is 1. The lowest BCUT2D eigenvalue weighted by Gasteiger charge is -2.07. The van der Waals surface area contributed by atoms with Crippen molar-refractivity contribution in [1.29, 1.82) is 0 Å². The zero-order valence-corrected chi connectivity index (χ0v) is 15.4. The average molecular weight is 388 g/mol. The van der Waals surface area contributed by atoms with Crippen molar-refractivity contribution in [2.45, 2.75) is 32.2 Å². The molecule has 2 aromatic carbocycles. The fourth-order valence-corrected chi connectivity index (χ4v) is 2.99. The molecule has 0 saturated heterocycles. The van der Waals surface area contributed by atoms with E-state index in [4.69, 9.17) is 11.6 Å². The number of para-hydroxylation sites is 1. The van der Waals surface area contributed by atoms with Crippen molar-refractivity contribution in [3.05, 3.63) is 70.0 Å². The number of carbonyl (C=O) groups is 1. The van der Waals surface area contributed by atoms with Crippen LogP contribution in [0, 0.1) is 5.82 Å². The van der Waals surface area contributed by atoms with Gasteiger partial charge in [-0.1, -0.05) is 30.2 Å². The lowest BCUT2D eigenvalue weighted by atomic mass is 10.2. The summed E-state index contributed by atoms with van der Waals surface area (Å²) in [5.41, 5.74) is 1.11. The van der Waals surface area contributed by atoms with Gasteiger partial charge in [0.05, 0.1) is 22.3 Å². The molecule has 1 aromatic heterocycles. The van der Waals surface area contributed by atoms with Gasteiger partial charge in [0, 0.05) is 18.7 Å². The SMILES string of the molecule is O=C(CCCCCn1cnc2ccccc2c1=O)Nc1ccc(F)c(Cl)c1. The Bertz CT molecular complexity index is 1020. The number of nitrogens with one attached hydrogen (secondary N) is 1. The Morgan fingerprint density at radius 2 is 1.96 bits per heavy atom. The Labute approximate surface area is 160 Å². The molecule has 0 unspecified atom stereocenters. The van der Waals surface area contributed by atoms with Gasteiger partial charge in [-0.3, -0.25) is 14.2 Å². The third-order valence-corrected chi connectivity index (χ3v) is 4.53. The lowest BCUT2D eigenvalue weighted by Crippen LogP contribution is -2.20. The smallest absolute Gasteiger partial charge is 0.261 e. The van der Waals surface area contributed by atoms with E-state index >= 15 is 0 Å². The molecule has 0 atom stereocenters. The lowest BCUT2D eigenvalue weighted by molar-refractivity contribution is -0.116. The van der Waals surface area contributed by atoms with Crippen molar-refractivity contribution in [1.82, 2.24) is 9.55 Å². The number of benzene rings is 2. The van der Waals surface area contributed by atoms with Crippen LogP contribution in [0.15, 0.2) is 53.6 Å². The van der Waals surface area contributed by atoms with Crippen molar-refractivity contribution in [2.75, 3.05) is 5.32 Å². The van der Waals surface area contributed by atoms with E-state index in [0.717, 1.165) is 12.8 Å². The standard InChI is InChI=1S/C20H19ClFN3O2/c21-16-12-14(9-10-17(16)22)24-19(26)8-2-1-5-11-25-13-23-18-7-4-3-6-15(18)20(25)27/h3-4,6-7,9-10,12-13H,1-2,5,8,11H2,(H,24,26). The number of hydrogen-bond acceptors (Lipinski definition) is 3. The molecule has 7 heteroatoms. The zero-order chi connectivity index (χ0) is 19.2. The van der Waals surface area contributed by atoms with Crippen molar-refractivity contribution in [3.63, 3.8) is 0 Å². The normalized spacial score (nSPS) is 10.9. The number of halogens is 2. The van der Waals surface area contributed by atoms with Crippen LogP contribution < -0.4 is 10.9 Å². The highest BCUT2D eigenvalue weighted by Crippen LogP contribution is 2.19. The van der Waals surface area contributed by atoms with E-state index in [9.17, 15) is 14.0 Å².